The molecule has 38 heavy (non-hydrogen) atoms. The number of aromatic nitrogens is 2. The highest BCUT2D eigenvalue weighted by Gasteiger charge is 2.47. The van der Waals surface area contributed by atoms with Gasteiger partial charge in [0, 0.05) is 34.2 Å². The van der Waals surface area contributed by atoms with Gasteiger partial charge in [0.2, 0.25) is 0 Å². The van der Waals surface area contributed by atoms with Crippen LogP contribution in [0, 0.1) is 11.7 Å². The highest BCUT2D eigenvalue weighted by molar-refractivity contribution is 5.99. The van der Waals surface area contributed by atoms with Crippen LogP contribution in [0.5, 0.6) is 11.5 Å². The number of pyridine rings is 2. The highest BCUT2D eigenvalue weighted by Crippen LogP contribution is 2.48. The van der Waals surface area contributed by atoms with Gasteiger partial charge in [-0.3, -0.25) is 9.78 Å². The first-order valence-electron chi connectivity index (χ1n) is 12.7. The summed E-state index contributed by atoms with van der Waals surface area (Å²) in [6.07, 6.45) is 3.34. The van der Waals surface area contributed by atoms with Gasteiger partial charge >= 0.3 is 0 Å². The summed E-state index contributed by atoms with van der Waals surface area (Å²) in [7, 11) is 1.54. The van der Waals surface area contributed by atoms with Crippen molar-refractivity contribution in [2.75, 3.05) is 20.3 Å². The van der Waals surface area contributed by atoms with Crippen LogP contribution >= 0.6 is 0 Å². The first-order valence-corrected chi connectivity index (χ1v) is 12.7. The number of fused-ring (bicyclic) bond motifs is 2. The molecule has 0 saturated heterocycles. The molecule has 6 rings (SSSR count). The fourth-order valence-corrected chi connectivity index (χ4v) is 5.16. The van der Waals surface area contributed by atoms with E-state index in [1.54, 1.807) is 43.6 Å². The van der Waals surface area contributed by atoms with Crippen molar-refractivity contribution in [2.24, 2.45) is 5.92 Å². The van der Waals surface area contributed by atoms with Crippen LogP contribution in [0.4, 0.5) is 4.39 Å². The second-order valence-electron chi connectivity index (χ2n) is 10.1. The van der Waals surface area contributed by atoms with E-state index in [1.165, 1.54) is 12.1 Å². The van der Waals surface area contributed by atoms with Crippen molar-refractivity contribution in [3.63, 3.8) is 0 Å². The molecule has 7 nitrogen and oxygen atoms in total. The van der Waals surface area contributed by atoms with Gasteiger partial charge in [0.25, 0.3) is 5.91 Å². The number of aliphatic hydroxyl groups is 1. The number of methoxy groups -OCH3 is 1. The number of hydrogen-bond acceptors (Lipinski definition) is 6. The van der Waals surface area contributed by atoms with Crippen LogP contribution in [0.1, 0.15) is 47.3 Å². The Kier molecular flexibility index (Phi) is 5.99. The Morgan fingerprint density at radius 3 is 2.74 bits per heavy atom. The normalized spacial score (nSPS) is 17.9. The summed E-state index contributed by atoms with van der Waals surface area (Å²) >= 11 is 0. The summed E-state index contributed by atoms with van der Waals surface area (Å²) in [5, 5.41) is 15.7. The van der Waals surface area contributed by atoms with Crippen LogP contribution in [0.15, 0.2) is 60.8 Å². The molecule has 8 heteroatoms. The Morgan fingerprint density at radius 1 is 1.21 bits per heavy atom. The van der Waals surface area contributed by atoms with Crippen LogP contribution < -0.4 is 14.8 Å². The lowest BCUT2D eigenvalue weighted by molar-refractivity contribution is 0.00950. The Morgan fingerprint density at radius 2 is 2.00 bits per heavy atom. The van der Waals surface area contributed by atoms with Gasteiger partial charge in [-0.1, -0.05) is 13.0 Å². The van der Waals surface area contributed by atoms with Crippen LogP contribution in [0.25, 0.3) is 22.2 Å². The predicted octanol–water partition coefficient (Wildman–Crippen LogP) is 4.97. The Bertz CT molecular complexity index is 1540. The SMILES string of the molecule is COc1cc(C(=O)NC[C@](O)(c2cc3c(c(-c4ccc(F)cc4)n2)OC[C@H]3C)C2CC2)cc2cccnc12. The number of nitrogens with zero attached hydrogens (tertiary/aromatic N) is 2. The molecule has 0 spiro atoms. The number of nitrogens with one attached hydrogen (secondary N) is 1. The zero-order chi connectivity index (χ0) is 26.4. The van der Waals surface area contributed by atoms with Gasteiger partial charge in [0.1, 0.15) is 34.1 Å². The summed E-state index contributed by atoms with van der Waals surface area (Å²) in [5.74, 6) is 0.569. The summed E-state index contributed by atoms with van der Waals surface area (Å²) in [4.78, 5) is 22.5. The van der Waals surface area contributed by atoms with Crippen molar-refractivity contribution in [1.29, 1.82) is 0 Å². The minimum atomic E-state index is -1.37. The third-order valence-corrected chi connectivity index (χ3v) is 7.49. The maximum absolute atomic E-state index is 13.6. The molecular formula is C30H28FN3O4. The number of amides is 1. The Labute approximate surface area is 219 Å². The average Bonchev–Trinajstić information content (AvgIpc) is 3.74. The van der Waals surface area contributed by atoms with Crippen molar-refractivity contribution < 1.29 is 23.8 Å². The van der Waals surface area contributed by atoms with Crippen molar-refractivity contribution in [1.82, 2.24) is 15.3 Å². The van der Waals surface area contributed by atoms with E-state index in [4.69, 9.17) is 14.5 Å². The topological polar surface area (TPSA) is 93.6 Å². The largest absolute Gasteiger partial charge is 0.494 e. The van der Waals surface area contributed by atoms with Gasteiger partial charge in [0.05, 0.1) is 26.0 Å². The Balaban J connectivity index is 1.34. The van der Waals surface area contributed by atoms with E-state index in [9.17, 15) is 14.3 Å². The maximum Gasteiger partial charge on any atom is 0.251 e. The van der Waals surface area contributed by atoms with Crippen molar-refractivity contribution >= 4 is 16.8 Å². The van der Waals surface area contributed by atoms with E-state index in [0.717, 1.165) is 23.8 Å². The van der Waals surface area contributed by atoms with Crippen LogP contribution in [0.2, 0.25) is 0 Å². The number of ether oxygens (including phenoxy) is 2. The van der Waals surface area contributed by atoms with E-state index in [2.05, 4.69) is 17.2 Å². The standard InChI is InChI=1S/C30H28FN3O4/c1-17-15-38-28-23(17)14-25(34-27(28)18-5-9-22(31)10-6-18)30(36,21-7-8-21)16-33-29(35)20-12-19-4-3-11-32-26(19)24(13-20)37-2/h3-6,9-14,17,21,36H,7-8,15-16H2,1-2H3,(H,33,35)/t17-,30-/m1/s1. The molecule has 2 aliphatic rings. The molecule has 3 heterocycles. The van der Waals surface area contributed by atoms with Gasteiger partial charge in [-0.05, 0) is 67.3 Å². The van der Waals surface area contributed by atoms with Gasteiger partial charge in [-0.25, -0.2) is 9.37 Å². The smallest absolute Gasteiger partial charge is 0.251 e. The minimum absolute atomic E-state index is 0.00618. The zero-order valence-electron chi connectivity index (χ0n) is 21.2. The number of rotatable bonds is 7. The van der Waals surface area contributed by atoms with E-state index < -0.39 is 5.60 Å². The first-order chi connectivity index (χ1) is 18.4. The average molecular weight is 514 g/mol. The second kappa shape index (κ2) is 9.36. The third-order valence-electron chi connectivity index (χ3n) is 7.49. The molecule has 1 aliphatic carbocycles. The lowest BCUT2D eigenvalue weighted by atomic mass is 9.89. The number of hydrogen-bond donors (Lipinski definition) is 2. The molecular weight excluding hydrogens is 485 g/mol. The van der Waals surface area contributed by atoms with Crippen LogP contribution in [-0.2, 0) is 5.60 Å². The summed E-state index contributed by atoms with van der Waals surface area (Å²) in [6, 6.07) is 15.1. The first kappa shape index (κ1) is 24.3. The van der Waals surface area contributed by atoms with E-state index in [0.29, 0.717) is 46.1 Å². The fraction of sp³-hybridized carbons (Fsp3) is 0.300. The van der Waals surface area contributed by atoms with E-state index in [1.807, 2.05) is 12.1 Å². The number of halogens is 1. The molecule has 2 aromatic carbocycles. The lowest BCUT2D eigenvalue weighted by Crippen LogP contribution is -2.43. The van der Waals surface area contributed by atoms with Gasteiger partial charge in [-0.2, -0.15) is 0 Å². The molecule has 1 amide bonds. The molecule has 1 saturated carbocycles. The number of benzene rings is 2. The molecule has 0 radical (unpaired) electrons. The predicted molar refractivity (Wildman–Crippen MR) is 141 cm³/mol. The molecule has 0 bridgehead atoms. The van der Waals surface area contributed by atoms with Gasteiger partial charge in [0.15, 0.2) is 0 Å². The van der Waals surface area contributed by atoms with Gasteiger partial charge in [-0.15, -0.1) is 0 Å². The summed E-state index contributed by atoms with van der Waals surface area (Å²) in [6.45, 7) is 2.56. The lowest BCUT2D eigenvalue weighted by Gasteiger charge is -2.29. The number of carbonyl (C=O) groups excluding carboxylic acids is 1. The monoisotopic (exact) mass is 513 g/mol. The van der Waals surface area contributed by atoms with Crippen LogP contribution in [-0.4, -0.2) is 41.2 Å². The molecule has 0 unspecified atom stereocenters. The van der Waals surface area contributed by atoms with Crippen molar-refractivity contribution in [3.8, 4) is 22.8 Å². The minimum Gasteiger partial charge on any atom is -0.494 e. The molecule has 2 N–H and O–H groups in total. The third kappa shape index (κ3) is 4.24. The van der Waals surface area contributed by atoms with Gasteiger partial charge < -0.3 is 19.9 Å². The molecule has 1 aliphatic heterocycles. The maximum atomic E-state index is 13.6. The number of carbonyl (C=O) groups is 1. The molecule has 2 aromatic heterocycles. The Hall–Kier alpha value is -4.04. The second-order valence-corrected chi connectivity index (χ2v) is 10.1. The zero-order valence-corrected chi connectivity index (χ0v) is 21.2. The van der Waals surface area contributed by atoms with Crippen LogP contribution in [0.3, 0.4) is 0 Å². The van der Waals surface area contributed by atoms with Crippen molar-refractivity contribution in [3.05, 3.63) is 83.4 Å². The molecule has 2 atom stereocenters. The highest BCUT2D eigenvalue weighted by atomic mass is 19.1. The van der Waals surface area contributed by atoms with Crippen molar-refractivity contribution in [2.45, 2.75) is 31.3 Å². The summed E-state index contributed by atoms with van der Waals surface area (Å²) < 4.78 is 25.0. The summed E-state index contributed by atoms with van der Waals surface area (Å²) in [5.41, 5.74) is 2.42. The fourth-order valence-electron chi connectivity index (χ4n) is 5.16. The van der Waals surface area contributed by atoms with E-state index >= 15 is 0 Å². The quantitative estimate of drug-likeness (QED) is 0.363. The van der Waals surface area contributed by atoms with E-state index in [-0.39, 0.29) is 30.1 Å². The molecule has 1 fully saturated rings. The molecule has 4 aromatic rings. The molecule has 194 valence electrons.